The number of alkyl halides is 3. The smallest absolute Gasteiger partial charge is 0.406 e. The van der Waals surface area contributed by atoms with Crippen LogP contribution < -0.4 is 10.1 Å². The van der Waals surface area contributed by atoms with E-state index in [2.05, 4.69) is 10.1 Å². The quantitative estimate of drug-likeness (QED) is 0.896. The summed E-state index contributed by atoms with van der Waals surface area (Å²) in [5.41, 5.74) is 1.08. The fourth-order valence-electron chi connectivity index (χ4n) is 2.10. The second-order valence-electron chi connectivity index (χ2n) is 4.14. The van der Waals surface area contributed by atoms with Gasteiger partial charge < -0.3 is 10.1 Å². The highest BCUT2D eigenvalue weighted by atomic mass is 35.5. The van der Waals surface area contributed by atoms with Crippen LogP contribution >= 0.6 is 12.4 Å². The van der Waals surface area contributed by atoms with Gasteiger partial charge in [0.15, 0.2) is 0 Å². The Bertz CT molecular complexity index is 361. The van der Waals surface area contributed by atoms with Crippen molar-refractivity contribution in [3.63, 3.8) is 0 Å². The number of rotatable bonds is 2. The lowest BCUT2D eigenvalue weighted by Gasteiger charge is -2.23. The topological polar surface area (TPSA) is 21.3 Å². The minimum atomic E-state index is -4.61. The molecule has 18 heavy (non-hydrogen) atoms. The Morgan fingerprint density at radius 1 is 1.06 bits per heavy atom. The molecular formula is C12H15ClF3NO. The second-order valence-corrected chi connectivity index (χ2v) is 4.14. The van der Waals surface area contributed by atoms with E-state index in [1.807, 2.05) is 0 Å². The minimum absolute atomic E-state index is 0. The molecule has 1 aromatic rings. The molecule has 1 aromatic carbocycles. The Kier molecular flexibility index (Phi) is 5.28. The van der Waals surface area contributed by atoms with Gasteiger partial charge in [-0.25, -0.2) is 0 Å². The van der Waals surface area contributed by atoms with E-state index < -0.39 is 6.36 Å². The molecule has 2 nitrogen and oxygen atoms in total. The maximum Gasteiger partial charge on any atom is 0.573 e. The lowest BCUT2D eigenvalue weighted by Crippen LogP contribution is -2.26. The largest absolute Gasteiger partial charge is 0.573 e. The maximum absolute atomic E-state index is 12.0. The summed E-state index contributed by atoms with van der Waals surface area (Å²) < 4.78 is 39.7. The molecule has 0 atom stereocenters. The molecule has 0 amide bonds. The van der Waals surface area contributed by atoms with E-state index in [1.165, 1.54) is 12.1 Å². The van der Waals surface area contributed by atoms with E-state index in [1.54, 1.807) is 12.1 Å². The van der Waals surface area contributed by atoms with Crippen molar-refractivity contribution in [3.05, 3.63) is 29.8 Å². The monoisotopic (exact) mass is 281 g/mol. The van der Waals surface area contributed by atoms with Gasteiger partial charge in [0.2, 0.25) is 0 Å². The van der Waals surface area contributed by atoms with Crippen molar-refractivity contribution in [1.29, 1.82) is 0 Å². The number of ether oxygens (including phenoxy) is 1. The third-order valence-electron chi connectivity index (χ3n) is 2.92. The highest BCUT2D eigenvalue weighted by Gasteiger charge is 2.31. The fraction of sp³-hybridized carbons (Fsp3) is 0.500. The predicted octanol–water partition coefficient (Wildman–Crippen LogP) is 3.47. The molecular weight excluding hydrogens is 267 g/mol. The summed E-state index contributed by atoms with van der Waals surface area (Å²) in [5.74, 6) is 0.284. The van der Waals surface area contributed by atoms with Gasteiger partial charge >= 0.3 is 6.36 Å². The minimum Gasteiger partial charge on any atom is -0.406 e. The lowest BCUT2D eigenvalue weighted by molar-refractivity contribution is -0.274. The van der Waals surface area contributed by atoms with Crippen molar-refractivity contribution in [2.75, 3.05) is 13.1 Å². The first-order valence-electron chi connectivity index (χ1n) is 5.61. The molecule has 1 N–H and O–H groups in total. The van der Waals surface area contributed by atoms with Gasteiger partial charge in [0.1, 0.15) is 5.75 Å². The van der Waals surface area contributed by atoms with E-state index in [9.17, 15) is 13.2 Å². The van der Waals surface area contributed by atoms with Crippen LogP contribution in [0.3, 0.4) is 0 Å². The van der Waals surface area contributed by atoms with Crippen LogP contribution in [0.15, 0.2) is 24.3 Å². The average Bonchev–Trinajstić information content (AvgIpc) is 2.29. The van der Waals surface area contributed by atoms with Crippen LogP contribution in [0.25, 0.3) is 0 Å². The van der Waals surface area contributed by atoms with Gasteiger partial charge in [-0.05, 0) is 49.5 Å². The Hall–Kier alpha value is -0.940. The molecule has 0 saturated carbocycles. The Labute approximate surface area is 110 Å². The maximum atomic E-state index is 12.0. The zero-order chi connectivity index (χ0) is 12.3. The van der Waals surface area contributed by atoms with E-state index in [4.69, 9.17) is 0 Å². The van der Waals surface area contributed by atoms with E-state index in [0.29, 0.717) is 5.92 Å². The first-order valence-corrected chi connectivity index (χ1v) is 5.61. The molecule has 0 radical (unpaired) electrons. The Morgan fingerprint density at radius 3 is 2.11 bits per heavy atom. The first kappa shape index (κ1) is 15.1. The van der Waals surface area contributed by atoms with Crippen LogP contribution in [0.2, 0.25) is 0 Å². The number of hydrogen-bond acceptors (Lipinski definition) is 2. The van der Waals surface area contributed by atoms with Gasteiger partial charge in [0.05, 0.1) is 0 Å². The molecule has 0 aliphatic carbocycles. The predicted molar refractivity (Wildman–Crippen MR) is 65.2 cm³/mol. The SMILES string of the molecule is Cl.FC(F)(F)Oc1ccc(C2CCNCC2)cc1. The van der Waals surface area contributed by atoms with Gasteiger partial charge in [0.25, 0.3) is 0 Å². The van der Waals surface area contributed by atoms with E-state index in [0.717, 1.165) is 31.5 Å². The fourth-order valence-corrected chi connectivity index (χ4v) is 2.10. The molecule has 1 heterocycles. The van der Waals surface area contributed by atoms with Crippen molar-refractivity contribution in [2.24, 2.45) is 0 Å². The van der Waals surface area contributed by atoms with Gasteiger partial charge in [0, 0.05) is 0 Å². The third-order valence-corrected chi connectivity index (χ3v) is 2.92. The molecule has 1 fully saturated rings. The molecule has 1 aliphatic rings. The number of piperidine rings is 1. The third kappa shape index (κ3) is 4.38. The second kappa shape index (κ2) is 6.29. The summed E-state index contributed by atoms with van der Waals surface area (Å²) in [6.45, 7) is 1.93. The number of benzene rings is 1. The molecule has 0 bridgehead atoms. The Balaban J connectivity index is 0.00000162. The van der Waals surface area contributed by atoms with Crippen LogP contribution in [-0.2, 0) is 0 Å². The summed E-state index contributed by atoms with van der Waals surface area (Å²) in [6, 6.07) is 6.20. The number of nitrogens with one attached hydrogen (secondary N) is 1. The highest BCUT2D eigenvalue weighted by molar-refractivity contribution is 5.85. The Morgan fingerprint density at radius 2 is 1.61 bits per heavy atom. The summed E-state index contributed by atoms with van der Waals surface area (Å²) in [6.07, 6.45) is -2.56. The standard InChI is InChI=1S/C12H14F3NO.ClH/c13-12(14,15)17-11-3-1-9(2-4-11)10-5-7-16-8-6-10;/h1-4,10,16H,5-8H2;1H. The van der Waals surface area contributed by atoms with Crippen LogP contribution in [0, 0.1) is 0 Å². The van der Waals surface area contributed by atoms with Crippen molar-refractivity contribution in [3.8, 4) is 5.75 Å². The van der Waals surface area contributed by atoms with Gasteiger partial charge in [-0.1, -0.05) is 12.1 Å². The molecule has 1 saturated heterocycles. The summed E-state index contributed by atoms with van der Waals surface area (Å²) >= 11 is 0. The normalized spacial score (nSPS) is 17.1. The van der Waals surface area contributed by atoms with Crippen molar-refractivity contribution in [2.45, 2.75) is 25.1 Å². The summed E-state index contributed by atoms with van der Waals surface area (Å²) in [7, 11) is 0. The van der Waals surface area contributed by atoms with Crippen LogP contribution in [-0.4, -0.2) is 19.5 Å². The van der Waals surface area contributed by atoms with Gasteiger partial charge in [-0.3, -0.25) is 0 Å². The zero-order valence-corrected chi connectivity index (χ0v) is 10.5. The summed E-state index contributed by atoms with van der Waals surface area (Å²) in [5, 5.41) is 3.25. The average molecular weight is 282 g/mol. The van der Waals surface area contributed by atoms with Crippen molar-refractivity contribution >= 4 is 12.4 Å². The molecule has 0 aromatic heterocycles. The molecule has 2 rings (SSSR count). The van der Waals surface area contributed by atoms with E-state index in [-0.39, 0.29) is 18.2 Å². The van der Waals surface area contributed by atoms with Crippen LogP contribution in [0.4, 0.5) is 13.2 Å². The highest BCUT2D eigenvalue weighted by Crippen LogP contribution is 2.28. The van der Waals surface area contributed by atoms with Gasteiger partial charge in [-0.15, -0.1) is 25.6 Å². The molecule has 0 spiro atoms. The van der Waals surface area contributed by atoms with Crippen LogP contribution in [0.1, 0.15) is 24.3 Å². The molecule has 1 aliphatic heterocycles. The molecule has 6 heteroatoms. The molecule has 0 unspecified atom stereocenters. The molecule has 102 valence electrons. The number of halogens is 4. The van der Waals surface area contributed by atoms with Crippen molar-refractivity contribution in [1.82, 2.24) is 5.32 Å². The van der Waals surface area contributed by atoms with Crippen molar-refractivity contribution < 1.29 is 17.9 Å². The van der Waals surface area contributed by atoms with Crippen LogP contribution in [0.5, 0.6) is 5.75 Å². The zero-order valence-electron chi connectivity index (χ0n) is 9.67. The lowest BCUT2D eigenvalue weighted by atomic mass is 9.90. The van der Waals surface area contributed by atoms with Gasteiger partial charge in [-0.2, -0.15) is 0 Å². The first-order chi connectivity index (χ1) is 8.04. The van der Waals surface area contributed by atoms with E-state index >= 15 is 0 Å². The number of hydrogen-bond donors (Lipinski definition) is 1. The summed E-state index contributed by atoms with van der Waals surface area (Å²) in [4.78, 5) is 0.